The van der Waals surface area contributed by atoms with Crippen molar-refractivity contribution in [2.45, 2.75) is 39.7 Å². The molecule has 1 saturated heterocycles. The van der Waals surface area contributed by atoms with Crippen LogP contribution in [0.2, 0.25) is 5.02 Å². The van der Waals surface area contributed by atoms with Gasteiger partial charge in [-0.15, -0.1) is 24.8 Å². The zero-order valence-corrected chi connectivity index (χ0v) is 21.2. The van der Waals surface area contributed by atoms with Crippen LogP contribution in [0.4, 0.5) is 5.69 Å². The number of piperazine rings is 1. The Morgan fingerprint density at radius 3 is 2.32 bits per heavy atom. The third-order valence-electron chi connectivity index (χ3n) is 5.58. The van der Waals surface area contributed by atoms with Crippen molar-refractivity contribution in [1.29, 1.82) is 0 Å². The molecule has 1 unspecified atom stereocenters. The summed E-state index contributed by atoms with van der Waals surface area (Å²) in [5.74, 6) is 1.28. The molecule has 2 aromatic rings. The normalized spacial score (nSPS) is 15.3. The molecule has 1 aliphatic heterocycles. The van der Waals surface area contributed by atoms with Crippen molar-refractivity contribution >= 4 is 42.1 Å². The Hall–Kier alpha value is -1.17. The van der Waals surface area contributed by atoms with Gasteiger partial charge in [-0.2, -0.15) is 0 Å². The van der Waals surface area contributed by atoms with Crippen LogP contribution in [-0.2, 0) is 0 Å². The van der Waals surface area contributed by atoms with Crippen LogP contribution in [0, 0.1) is 13.8 Å². The first-order valence-corrected chi connectivity index (χ1v) is 10.9. The van der Waals surface area contributed by atoms with Gasteiger partial charge in [0.05, 0.1) is 0 Å². The van der Waals surface area contributed by atoms with Crippen LogP contribution in [0.15, 0.2) is 36.4 Å². The predicted molar refractivity (Wildman–Crippen MR) is 136 cm³/mol. The zero-order valence-electron chi connectivity index (χ0n) is 18.8. The van der Waals surface area contributed by atoms with E-state index in [0.29, 0.717) is 19.1 Å². The highest BCUT2D eigenvalue weighted by atomic mass is 35.5. The topological polar surface area (TPSA) is 35.9 Å². The van der Waals surface area contributed by atoms with E-state index >= 15 is 0 Å². The molecule has 0 bridgehead atoms. The van der Waals surface area contributed by atoms with E-state index in [1.807, 2.05) is 12.1 Å². The number of aliphatic hydroxyl groups excluding tert-OH is 1. The molecule has 2 aromatic carbocycles. The molecule has 31 heavy (non-hydrogen) atoms. The molecule has 0 radical (unpaired) electrons. The lowest BCUT2D eigenvalue weighted by molar-refractivity contribution is 0.0658. The van der Waals surface area contributed by atoms with Crippen LogP contribution in [-0.4, -0.2) is 55.4 Å². The second-order valence-electron chi connectivity index (χ2n) is 8.38. The van der Waals surface area contributed by atoms with Crippen LogP contribution in [0.3, 0.4) is 0 Å². The van der Waals surface area contributed by atoms with Gasteiger partial charge in [0.15, 0.2) is 0 Å². The molecule has 174 valence electrons. The number of aliphatic hydroxyl groups is 1. The Balaban J connectivity index is 0.00000240. The van der Waals surface area contributed by atoms with Gasteiger partial charge in [-0.25, -0.2) is 0 Å². The summed E-state index contributed by atoms with van der Waals surface area (Å²) in [7, 11) is 0. The Labute approximate surface area is 204 Å². The van der Waals surface area contributed by atoms with E-state index in [-0.39, 0.29) is 24.8 Å². The standard InChI is InChI=1S/C24H33ClN2O2.2ClH/c1-17(2)22-8-5-18(3)13-24(22)29-16-21(28)15-26-9-11-27(12-10-26)23-14-20(25)7-6-19(23)4;;/h5-8,13-14,17,21,28H,9-12,15-16H2,1-4H3;2*1H. The molecular formula is C24H35Cl3N2O2. The number of rotatable bonds is 7. The number of nitrogens with zero attached hydrogens (tertiary/aromatic N) is 2. The number of benzene rings is 2. The van der Waals surface area contributed by atoms with E-state index in [1.165, 1.54) is 22.4 Å². The molecule has 0 spiro atoms. The van der Waals surface area contributed by atoms with Gasteiger partial charge in [0.25, 0.3) is 0 Å². The van der Waals surface area contributed by atoms with E-state index < -0.39 is 6.10 Å². The van der Waals surface area contributed by atoms with Crippen molar-refractivity contribution < 1.29 is 9.84 Å². The molecule has 0 amide bonds. The van der Waals surface area contributed by atoms with Crippen molar-refractivity contribution in [2.24, 2.45) is 0 Å². The number of anilines is 1. The number of halogens is 3. The first-order valence-electron chi connectivity index (χ1n) is 10.5. The fourth-order valence-corrected chi connectivity index (χ4v) is 4.04. The third kappa shape index (κ3) is 7.73. The first kappa shape index (κ1) is 27.9. The van der Waals surface area contributed by atoms with E-state index in [1.54, 1.807) is 0 Å². The second-order valence-corrected chi connectivity index (χ2v) is 8.82. The average molecular weight is 490 g/mol. The Kier molecular flexibility index (Phi) is 11.5. The molecule has 3 rings (SSSR count). The first-order chi connectivity index (χ1) is 13.8. The Morgan fingerprint density at radius 1 is 1.00 bits per heavy atom. The quantitative estimate of drug-likeness (QED) is 0.558. The molecule has 1 aliphatic rings. The molecule has 4 nitrogen and oxygen atoms in total. The van der Waals surface area contributed by atoms with Crippen molar-refractivity contribution in [3.8, 4) is 5.75 Å². The summed E-state index contributed by atoms with van der Waals surface area (Å²) in [6.07, 6.45) is -0.505. The smallest absolute Gasteiger partial charge is 0.123 e. The van der Waals surface area contributed by atoms with Gasteiger partial charge in [-0.05, 0) is 54.7 Å². The van der Waals surface area contributed by atoms with Crippen molar-refractivity contribution in [3.63, 3.8) is 0 Å². The Bertz CT molecular complexity index is 824. The maximum absolute atomic E-state index is 10.5. The number of β-amino-alcohol motifs (C(OH)–C–C–N with tert-alkyl or cyclic N) is 1. The lowest BCUT2D eigenvalue weighted by atomic mass is 10.0. The van der Waals surface area contributed by atoms with Crippen molar-refractivity contribution in [3.05, 3.63) is 58.1 Å². The van der Waals surface area contributed by atoms with Gasteiger partial charge < -0.3 is 14.7 Å². The minimum Gasteiger partial charge on any atom is -0.491 e. The summed E-state index contributed by atoms with van der Waals surface area (Å²) in [5.41, 5.74) is 4.82. The Morgan fingerprint density at radius 2 is 1.68 bits per heavy atom. The predicted octanol–water partition coefficient (Wildman–Crippen LogP) is 5.49. The fraction of sp³-hybridized carbons (Fsp3) is 0.500. The molecule has 1 fully saturated rings. The van der Waals surface area contributed by atoms with Gasteiger partial charge in [0, 0.05) is 43.4 Å². The van der Waals surface area contributed by atoms with Gasteiger partial charge in [-0.1, -0.05) is 43.6 Å². The van der Waals surface area contributed by atoms with Gasteiger partial charge in [-0.3, -0.25) is 4.90 Å². The molecule has 0 saturated carbocycles. The highest BCUT2D eigenvalue weighted by Crippen LogP contribution is 2.28. The highest BCUT2D eigenvalue weighted by Gasteiger charge is 2.21. The maximum Gasteiger partial charge on any atom is 0.123 e. The molecule has 0 aliphatic carbocycles. The van der Waals surface area contributed by atoms with E-state index in [9.17, 15) is 5.11 Å². The molecule has 1 atom stereocenters. The summed E-state index contributed by atoms with van der Waals surface area (Å²) in [6.45, 7) is 13.2. The van der Waals surface area contributed by atoms with Gasteiger partial charge in [0.1, 0.15) is 18.5 Å². The minimum atomic E-state index is -0.505. The highest BCUT2D eigenvalue weighted by molar-refractivity contribution is 6.30. The van der Waals surface area contributed by atoms with Crippen molar-refractivity contribution in [2.75, 3.05) is 44.2 Å². The number of aryl methyl sites for hydroxylation is 2. The summed E-state index contributed by atoms with van der Waals surface area (Å²) in [5, 5.41) is 11.3. The average Bonchev–Trinajstić information content (AvgIpc) is 2.69. The largest absolute Gasteiger partial charge is 0.491 e. The van der Waals surface area contributed by atoms with Gasteiger partial charge >= 0.3 is 0 Å². The van der Waals surface area contributed by atoms with Crippen LogP contribution in [0.5, 0.6) is 5.75 Å². The zero-order chi connectivity index (χ0) is 21.0. The van der Waals surface area contributed by atoms with Crippen molar-refractivity contribution in [1.82, 2.24) is 4.90 Å². The molecular weight excluding hydrogens is 455 g/mol. The minimum absolute atomic E-state index is 0. The number of ether oxygens (including phenoxy) is 1. The summed E-state index contributed by atoms with van der Waals surface area (Å²) < 4.78 is 6.00. The van der Waals surface area contributed by atoms with E-state index in [4.69, 9.17) is 16.3 Å². The second kappa shape index (κ2) is 12.8. The fourth-order valence-electron chi connectivity index (χ4n) is 3.87. The van der Waals surface area contributed by atoms with E-state index in [2.05, 4.69) is 61.8 Å². The third-order valence-corrected chi connectivity index (χ3v) is 5.81. The SMILES string of the molecule is Cc1ccc(C(C)C)c(OCC(O)CN2CCN(c3cc(Cl)ccc3C)CC2)c1.Cl.Cl. The van der Waals surface area contributed by atoms with Gasteiger partial charge in [0.2, 0.25) is 0 Å². The lowest BCUT2D eigenvalue weighted by Crippen LogP contribution is -2.49. The number of hydrogen-bond donors (Lipinski definition) is 1. The van der Waals surface area contributed by atoms with Crippen LogP contribution >= 0.6 is 36.4 Å². The molecule has 0 aromatic heterocycles. The summed E-state index contributed by atoms with van der Waals surface area (Å²) in [4.78, 5) is 4.69. The number of hydrogen-bond acceptors (Lipinski definition) is 4. The van der Waals surface area contributed by atoms with Crippen LogP contribution < -0.4 is 9.64 Å². The maximum atomic E-state index is 10.5. The van der Waals surface area contributed by atoms with Crippen LogP contribution in [0.1, 0.15) is 36.5 Å². The summed E-state index contributed by atoms with van der Waals surface area (Å²) in [6, 6.07) is 12.4. The monoisotopic (exact) mass is 488 g/mol. The molecule has 1 heterocycles. The molecule has 1 N–H and O–H groups in total. The molecule has 7 heteroatoms. The van der Waals surface area contributed by atoms with Crippen LogP contribution in [0.25, 0.3) is 0 Å². The lowest BCUT2D eigenvalue weighted by Gasteiger charge is -2.37. The summed E-state index contributed by atoms with van der Waals surface area (Å²) >= 11 is 6.18. The van der Waals surface area contributed by atoms with E-state index in [0.717, 1.165) is 37.0 Å².